The first kappa shape index (κ1) is 17.4. The molecule has 4 nitrogen and oxygen atoms in total. The number of hydrogen-bond donors (Lipinski definition) is 1. The minimum atomic E-state index is -4.52. The Kier molecular flexibility index (Phi) is 5.33. The summed E-state index contributed by atoms with van der Waals surface area (Å²) in [5, 5.41) is -0.242. The summed E-state index contributed by atoms with van der Waals surface area (Å²) in [5.74, 6) is 0.565. The fourth-order valence-corrected chi connectivity index (χ4v) is 1.82. The van der Waals surface area contributed by atoms with Crippen molar-refractivity contribution in [2.75, 3.05) is 5.88 Å². The number of nitrogens with two attached hydrogens (primary N) is 1. The monoisotopic (exact) mass is 363 g/mol. The normalized spacial score (nSPS) is 12.3. The van der Waals surface area contributed by atoms with Crippen LogP contribution in [0.25, 0.3) is 0 Å². The van der Waals surface area contributed by atoms with Crippen molar-refractivity contribution >= 4 is 34.7 Å². The average Bonchev–Trinajstić information content (AvgIpc) is 2.50. The van der Waals surface area contributed by atoms with Crippen LogP contribution in [0.5, 0.6) is 11.6 Å². The first-order valence-corrected chi connectivity index (χ1v) is 7.10. The number of aliphatic imine (C=N–C) groups is 1. The summed E-state index contributed by atoms with van der Waals surface area (Å²) < 4.78 is 42.9. The number of amidine groups is 1. The zero-order valence-corrected chi connectivity index (χ0v) is 13.0. The maximum absolute atomic E-state index is 12.5. The number of aromatic nitrogens is 1. The molecule has 1 aromatic heterocycles. The predicted molar refractivity (Wildman–Crippen MR) is 82.8 cm³/mol. The lowest BCUT2D eigenvalue weighted by molar-refractivity contribution is -0.137. The molecule has 2 rings (SSSR count). The molecule has 0 unspecified atom stereocenters. The molecule has 9 heteroatoms. The van der Waals surface area contributed by atoms with Gasteiger partial charge in [-0.3, -0.25) is 0 Å². The van der Waals surface area contributed by atoms with E-state index in [1.165, 1.54) is 0 Å². The van der Waals surface area contributed by atoms with Gasteiger partial charge in [0.15, 0.2) is 0 Å². The minimum absolute atomic E-state index is 0.101. The standard InChI is InChI=1S/C14H10Cl2F3N3O/c15-6-12(20)22-9-1-3-10(4-2-9)23-13-11(16)5-8(7-21-13)14(17,18)19/h1-5,7H,6H2,(H2,20,22). The molecule has 0 aliphatic carbocycles. The Labute approximate surface area is 139 Å². The molecule has 1 aromatic carbocycles. The van der Waals surface area contributed by atoms with E-state index in [9.17, 15) is 13.2 Å². The fourth-order valence-electron chi connectivity index (χ4n) is 1.55. The van der Waals surface area contributed by atoms with Crippen molar-refractivity contribution in [2.24, 2.45) is 10.7 Å². The molecular weight excluding hydrogens is 354 g/mol. The number of halogens is 5. The van der Waals surface area contributed by atoms with Crippen LogP contribution in [0.3, 0.4) is 0 Å². The van der Waals surface area contributed by atoms with Gasteiger partial charge in [0, 0.05) is 6.20 Å². The lowest BCUT2D eigenvalue weighted by atomic mass is 10.3. The van der Waals surface area contributed by atoms with Crippen LogP contribution < -0.4 is 10.5 Å². The molecule has 0 saturated heterocycles. The quantitative estimate of drug-likeness (QED) is 0.483. The highest BCUT2D eigenvalue weighted by atomic mass is 35.5. The van der Waals surface area contributed by atoms with Gasteiger partial charge in [-0.2, -0.15) is 13.2 Å². The van der Waals surface area contributed by atoms with Gasteiger partial charge in [0.25, 0.3) is 0 Å². The minimum Gasteiger partial charge on any atom is -0.438 e. The third-order valence-electron chi connectivity index (χ3n) is 2.60. The molecule has 2 N–H and O–H groups in total. The van der Waals surface area contributed by atoms with E-state index in [1.54, 1.807) is 24.3 Å². The van der Waals surface area contributed by atoms with Crippen molar-refractivity contribution in [3.05, 3.63) is 47.1 Å². The molecule has 1 heterocycles. The zero-order chi connectivity index (χ0) is 17.0. The largest absolute Gasteiger partial charge is 0.438 e. The van der Waals surface area contributed by atoms with E-state index >= 15 is 0 Å². The Hall–Kier alpha value is -1.99. The van der Waals surface area contributed by atoms with Gasteiger partial charge in [0.2, 0.25) is 5.88 Å². The molecule has 23 heavy (non-hydrogen) atoms. The molecule has 0 atom stereocenters. The fraction of sp³-hybridized carbons (Fsp3) is 0.143. The van der Waals surface area contributed by atoms with Gasteiger partial charge < -0.3 is 10.5 Å². The van der Waals surface area contributed by atoms with Gasteiger partial charge in [0.05, 0.1) is 17.1 Å². The first-order valence-electron chi connectivity index (χ1n) is 6.19. The number of pyridine rings is 1. The highest BCUT2D eigenvalue weighted by Gasteiger charge is 2.31. The second-order valence-corrected chi connectivity index (χ2v) is 5.02. The molecule has 0 saturated carbocycles. The Morgan fingerprint density at radius 1 is 1.26 bits per heavy atom. The van der Waals surface area contributed by atoms with Gasteiger partial charge in [-0.1, -0.05) is 11.6 Å². The summed E-state index contributed by atoms with van der Waals surface area (Å²) in [7, 11) is 0. The van der Waals surface area contributed by atoms with Gasteiger partial charge in [-0.25, -0.2) is 9.98 Å². The highest BCUT2D eigenvalue weighted by molar-refractivity contribution is 6.31. The predicted octanol–water partition coefficient (Wildman–Crippen LogP) is 4.77. The van der Waals surface area contributed by atoms with Crippen molar-refractivity contribution in [3.63, 3.8) is 0 Å². The Bertz CT molecular complexity index is 718. The van der Waals surface area contributed by atoms with Crippen molar-refractivity contribution in [3.8, 4) is 11.6 Å². The number of nitrogens with zero attached hydrogens (tertiary/aromatic N) is 2. The maximum atomic E-state index is 12.5. The van der Waals surface area contributed by atoms with Crippen LogP contribution in [0.2, 0.25) is 5.02 Å². The van der Waals surface area contributed by atoms with Crippen molar-refractivity contribution in [1.29, 1.82) is 0 Å². The van der Waals surface area contributed by atoms with Crippen LogP contribution >= 0.6 is 23.2 Å². The Morgan fingerprint density at radius 2 is 1.91 bits per heavy atom. The summed E-state index contributed by atoms with van der Waals surface area (Å²) >= 11 is 11.3. The molecule has 122 valence electrons. The number of hydrogen-bond acceptors (Lipinski definition) is 3. The van der Waals surface area contributed by atoms with E-state index in [0.717, 1.165) is 6.07 Å². The van der Waals surface area contributed by atoms with E-state index in [4.69, 9.17) is 33.7 Å². The maximum Gasteiger partial charge on any atom is 0.417 e. The van der Waals surface area contributed by atoms with Crippen LogP contribution in [-0.4, -0.2) is 16.7 Å². The van der Waals surface area contributed by atoms with Crippen molar-refractivity contribution < 1.29 is 17.9 Å². The molecule has 0 radical (unpaired) electrons. The van der Waals surface area contributed by atoms with Gasteiger partial charge in [0.1, 0.15) is 16.6 Å². The molecule has 0 fully saturated rings. The average molecular weight is 364 g/mol. The Morgan fingerprint density at radius 3 is 2.43 bits per heavy atom. The second-order valence-electron chi connectivity index (χ2n) is 4.34. The summed E-state index contributed by atoms with van der Waals surface area (Å²) in [5.41, 5.74) is 5.11. The van der Waals surface area contributed by atoms with E-state index in [0.29, 0.717) is 17.6 Å². The lowest BCUT2D eigenvalue weighted by Crippen LogP contribution is -2.12. The van der Waals surface area contributed by atoms with Gasteiger partial charge >= 0.3 is 6.18 Å². The smallest absolute Gasteiger partial charge is 0.417 e. The van der Waals surface area contributed by atoms with Crippen LogP contribution in [-0.2, 0) is 6.18 Å². The summed E-state index contributed by atoms with van der Waals surface area (Å²) in [4.78, 5) is 7.61. The van der Waals surface area contributed by atoms with Crippen LogP contribution in [0, 0.1) is 0 Å². The Balaban J connectivity index is 2.16. The van der Waals surface area contributed by atoms with Crippen LogP contribution in [0.4, 0.5) is 18.9 Å². The van der Waals surface area contributed by atoms with Gasteiger partial charge in [-0.15, -0.1) is 11.6 Å². The molecule has 0 spiro atoms. The molecule has 0 aliphatic heterocycles. The van der Waals surface area contributed by atoms with Crippen molar-refractivity contribution in [1.82, 2.24) is 4.98 Å². The SMILES string of the molecule is NC(CCl)=Nc1ccc(Oc2ncc(C(F)(F)F)cc2Cl)cc1. The van der Waals surface area contributed by atoms with E-state index in [1.807, 2.05) is 0 Å². The lowest BCUT2D eigenvalue weighted by Gasteiger charge is -2.10. The van der Waals surface area contributed by atoms with Crippen molar-refractivity contribution in [2.45, 2.75) is 6.18 Å². The second kappa shape index (κ2) is 7.06. The highest BCUT2D eigenvalue weighted by Crippen LogP contribution is 2.34. The van der Waals surface area contributed by atoms with Crippen LogP contribution in [0.15, 0.2) is 41.5 Å². The van der Waals surface area contributed by atoms with E-state index < -0.39 is 11.7 Å². The number of alkyl halides is 4. The molecule has 0 amide bonds. The van der Waals surface area contributed by atoms with E-state index in [-0.39, 0.29) is 22.6 Å². The summed E-state index contributed by atoms with van der Waals surface area (Å²) in [6.45, 7) is 0. The molecule has 0 aliphatic rings. The van der Waals surface area contributed by atoms with Gasteiger partial charge in [-0.05, 0) is 30.3 Å². The summed E-state index contributed by atoms with van der Waals surface area (Å²) in [6, 6.07) is 7.06. The third-order valence-corrected chi connectivity index (χ3v) is 3.14. The zero-order valence-electron chi connectivity index (χ0n) is 11.4. The molecule has 2 aromatic rings. The van der Waals surface area contributed by atoms with Crippen LogP contribution in [0.1, 0.15) is 5.56 Å². The third kappa shape index (κ3) is 4.74. The molecular formula is C14H10Cl2F3N3O. The summed E-state index contributed by atoms with van der Waals surface area (Å²) in [6.07, 6.45) is -3.86. The molecule has 0 bridgehead atoms. The number of benzene rings is 1. The number of ether oxygens (including phenoxy) is 1. The number of rotatable bonds is 4. The topological polar surface area (TPSA) is 60.5 Å². The van der Waals surface area contributed by atoms with E-state index in [2.05, 4.69) is 9.98 Å². The first-order chi connectivity index (χ1) is 10.8.